The number of aromatic nitrogens is 5. The molecule has 2 rings (SSSR count). The van der Waals surface area contributed by atoms with Crippen LogP contribution in [0.4, 0.5) is 0 Å². The van der Waals surface area contributed by atoms with Crippen LogP contribution < -0.4 is 10.1 Å². The number of hydrogen-bond acceptors (Lipinski definition) is 5. The lowest BCUT2D eigenvalue weighted by Crippen LogP contribution is -2.26. The highest BCUT2D eigenvalue weighted by molar-refractivity contribution is 5.33. The molecule has 0 aromatic carbocycles. The molecule has 19 heavy (non-hydrogen) atoms. The molecule has 7 nitrogen and oxygen atoms in total. The molecule has 104 valence electrons. The van der Waals surface area contributed by atoms with Crippen molar-refractivity contribution in [3.8, 4) is 5.75 Å². The zero-order chi connectivity index (χ0) is 13.7. The van der Waals surface area contributed by atoms with Crippen LogP contribution in [0.15, 0.2) is 12.4 Å². The lowest BCUT2D eigenvalue weighted by molar-refractivity contribution is 0.397. The van der Waals surface area contributed by atoms with E-state index in [9.17, 15) is 0 Å². The molecule has 2 N–H and O–H groups in total. The van der Waals surface area contributed by atoms with Crippen molar-refractivity contribution in [3.05, 3.63) is 23.8 Å². The van der Waals surface area contributed by atoms with Crippen LogP contribution >= 0.6 is 0 Å². The Hall–Kier alpha value is -1.89. The summed E-state index contributed by atoms with van der Waals surface area (Å²) in [6.07, 6.45) is 4.47. The molecule has 7 heteroatoms. The molecule has 0 amide bonds. The van der Waals surface area contributed by atoms with E-state index in [0.717, 1.165) is 36.6 Å². The van der Waals surface area contributed by atoms with Crippen molar-refractivity contribution in [2.45, 2.75) is 32.9 Å². The van der Waals surface area contributed by atoms with Gasteiger partial charge < -0.3 is 10.1 Å². The van der Waals surface area contributed by atoms with Gasteiger partial charge in [-0.15, -0.1) is 0 Å². The minimum Gasteiger partial charge on any atom is -0.493 e. The van der Waals surface area contributed by atoms with E-state index in [1.807, 2.05) is 4.68 Å². The van der Waals surface area contributed by atoms with Crippen molar-refractivity contribution >= 4 is 0 Å². The van der Waals surface area contributed by atoms with Crippen LogP contribution in [-0.2, 0) is 6.54 Å². The first-order valence-corrected chi connectivity index (χ1v) is 6.50. The molecule has 0 aliphatic rings. The molecule has 0 aliphatic heterocycles. The van der Waals surface area contributed by atoms with E-state index in [-0.39, 0.29) is 6.04 Å². The Kier molecular flexibility index (Phi) is 4.51. The average Bonchev–Trinajstić information content (AvgIpc) is 3.06. The summed E-state index contributed by atoms with van der Waals surface area (Å²) in [7, 11) is 1.66. The van der Waals surface area contributed by atoms with Gasteiger partial charge in [0.15, 0.2) is 5.75 Å². The number of rotatable bonds is 7. The van der Waals surface area contributed by atoms with Crippen molar-refractivity contribution in [2.75, 3.05) is 13.7 Å². The average molecular weight is 264 g/mol. The Labute approximate surface area is 112 Å². The number of nitrogens with zero attached hydrogens (tertiary/aromatic N) is 4. The summed E-state index contributed by atoms with van der Waals surface area (Å²) < 4.78 is 7.38. The quantitative estimate of drug-likeness (QED) is 0.783. The van der Waals surface area contributed by atoms with Gasteiger partial charge in [-0.25, -0.2) is 0 Å². The van der Waals surface area contributed by atoms with Crippen LogP contribution in [0, 0.1) is 0 Å². The zero-order valence-corrected chi connectivity index (χ0v) is 11.6. The first-order chi connectivity index (χ1) is 9.31. The second-order valence-electron chi connectivity index (χ2n) is 4.21. The molecule has 1 atom stereocenters. The molecular formula is C12H20N6O. The van der Waals surface area contributed by atoms with Crippen LogP contribution in [0.1, 0.15) is 37.7 Å². The topological polar surface area (TPSA) is 80.6 Å². The van der Waals surface area contributed by atoms with E-state index in [2.05, 4.69) is 39.7 Å². The van der Waals surface area contributed by atoms with Crippen molar-refractivity contribution in [3.63, 3.8) is 0 Å². The second-order valence-corrected chi connectivity index (χ2v) is 4.21. The van der Waals surface area contributed by atoms with Crippen molar-refractivity contribution in [2.24, 2.45) is 0 Å². The van der Waals surface area contributed by atoms with Gasteiger partial charge in [-0.3, -0.25) is 4.68 Å². The second kappa shape index (κ2) is 6.33. The summed E-state index contributed by atoms with van der Waals surface area (Å²) in [6, 6.07) is -0.0762. The Balaban J connectivity index is 2.42. The molecule has 0 aliphatic carbocycles. The van der Waals surface area contributed by atoms with Gasteiger partial charge >= 0.3 is 0 Å². The van der Waals surface area contributed by atoms with E-state index >= 15 is 0 Å². The Bertz CT molecular complexity index is 492. The summed E-state index contributed by atoms with van der Waals surface area (Å²) in [4.78, 5) is 0. The third kappa shape index (κ3) is 2.76. The Morgan fingerprint density at radius 1 is 1.42 bits per heavy atom. The van der Waals surface area contributed by atoms with Gasteiger partial charge in [-0.2, -0.15) is 20.5 Å². The normalized spacial score (nSPS) is 12.6. The van der Waals surface area contributed by atoms with Gasteiger partial charge in [0.25, 0.3) is 0 Å². The predicted octanol–water partition coefficient (Wildman–Crippen LogP) is 1.12. The number of ether oxygens (including phenoxy) is 1. The smallest absolute Gasteiger partial charge is 0.161 e. The van der Waals surface area contributed by atoms with E-state index < -0.39 is 0 Å². The van der Waals surface area contributed by atoms with E-state index in [1.165, 1.54) is 0 Å². The summed E-state index contributed by atoms with van der Waals surface area (Å²) in [6.45, 7) is 5.84. The standard InChI is InChI=1S/C12H20N6O/c1-4-6-18-12(10(19-3)8-15-18)11(13-5-2)9-7-14-17-16-9/h7-8,11,13H,4-6H2,1-3H3,(H,14,16,17). The van der Waals surface area contributed by atoms with Gasteiger partial charge in [0.1, 0.15) is 11.4 Å². The van der Waals surface area contributed by atoms with E-state index in [4.69, 9.17) is 4.74 Å². The largest absolute Gasteiger partial charge is 0.493 e. The maximum atomic E-state index is 5.42. The summed E-state index contributed by atoms with van der Waals surface area (Å²) in [5.74, 6) is 0.766. The first kappa shape index (κ1) is 13.5. The number of aromatic amines is 1. The SMILES string of the molecule is CCCn1ncc(OC)c1C(NCC)c1cn[nH]n1. The molecule has 1 unspecified atom stereocenters. The molecule has 0 bridgehead atoms. The van der Waals surface area contributed by atoms with Gasteiger partial charge in [0.05, 0.1) is 25.5 Å². The molecule has 2 aromatic heterocycles. The highest BCUT2D eigenvalue weighted by atomic mass is 16.5. The van der Waals surface area contributed by atoms with Gasteiger partial charge in [0.2, 0.25) is 0 Å². The monoisotopic (exact) mass is 264 g/mol. The maximum absolute atomic E-state index is 5.42. The van der Waals surface area contributed by atoms with Crippen LogP contribution in [0.3, 0.4) is 0 Å². The van der Waals surface area contributed by atoms with E-state index in [1.54, 1.807) is 19.5 Å². The molecule has 2 heterocycles. The van der Waals surface area contributed by atoms with E-state index in [0.29, 0.717) is 0 Å². The highest BCUT2D eigenvalue weighted by Gasteiger charge is 2.24. The van der Waals surface area contributed by atoms with Gasteiger partial charge in [-0.05, 0) is 13.0 Å². The molecule has 0 fully saturated rings. The summed E-state index contributed by atoms with van der Waals surface area (Å²) >= 11 is 0. The van der Waals surface area contributed by atoms with Crippen LogP contribution in [0.5, 0.6) is 5.75 Å². The molecule has 0 saturated carbocycles. The third-order valence-corrected chi connectivity index (χ3v) is 2.91. The summed E-state index contributed by atoms with van der Waals surface area (Å²) in [5.41, 5.74) is 1.82. The number of H-pyrrole nitrogens is 1. The molecular weight excluding hydrogens is 244 g/mol. The highest BCUT2D eigenvalue weighted by Crippen LogP contribution is 2.28. The zero-order valence-electron chi connectivity index (χ0n) is 11.6. The Morgan fingerprint density at radius 2 is 2.26 bits per heavy atom. The third-order valence-electron chi connectivity index (χ3n) is 2.91. The number of aryl methyl sites for hydroxylation is 1. The number of hydrogen-bond donors (Lipinski definition) is 2. The predicted molar refractivity (Wildman–Crippen MR) is 71.0 cm³/mol. The van der Waals surface area contributed by atoms with Crippen molar-refractivity contribution < 1.29 is 4.74 Å². The fraction of sp³-hybridized carbons (Fsp3) is 0.583. The lowest BCUT2D eigenvalue weighted by Gasteiger charge is -2.18. The molecule has 0 saturated heterocycles. The van der Waals surface area contributed by atoms with Gasteiger partial charge in [0, 0.05) is 6.54 Å². The van der Waals surface area contributed by atoms with Crippen LogP contribution in [-0.4, -0.2) is 38.8 Å². The van der Waals surface area contributed by atoms with Crippen LogP contribution in [0.2, 0.25) is 0 Å². The fourth-order valence-corrected chi connectivity index (χ4v) is 2.11. The minimum absolute atomic E-state index is 0.0762. The summed E-state index contributed by atoms with van der Waals surface area (Å²) in [5, 5.41) is 18.5. The van der Waals surface area contributed by atoms with Crippen LogP contribution in [0.25, 0.3) is 0 Å². The lowest BCUT2D eigenvalue weighted by atomic mass is 10.1. The molecule has 0 spiro atoms. The van der Waals surface area contributed by atoms with Crippen molar-refractivity contribution in [1.82, 2.24) is 30.5 Å². The Morgan fingerprint density at radius 3 is 2.84 bits per heavy atom. The van der Waals surface area contributed by atoms with Gasteiger partial charge in [-0.1, -0.05) is 13.8 Å². The molecule has 0 radical (unpaired) electrons. The maximum Gasteiger partial charge on any atom is 0.161 e. The first-order valence-electron chi connectivity index (χ1n) is 6.50. The van der Waals surface area contributed by atoms with Crippen molar-refractivity contribution in [1.29, 1.82) is 0 Å². The minimum atomic E-state index is -0.0762. The number of methoxy groups -OCH3 is 1. The number of nitrogens with one attached hydrogen (secondary N) is 2. The molecule has 2 aromatic rings. The fourth-order valence-electron chi connectivity index (χ4n) is 2.11.